The number of carbonyl (C=O) groups excluding carboxylic acids is 1. The third-order valence-electron chi connectivity index (χ3n) is 6.49. The summed E-state index contributed by atoms with van der Waals surface area (Å²) in [5, 5.41) is 11.7. The van der Waals surface area contributed by atoms with Crippen LogP contribution in [0.4, 0.5) is 13.2 Å². The summed E-state index contributed by atoms with van der Waals surface area (Å²) >= 11 is 0.663. The maximum absolute atomic E-state index is 13.2. The number of carboxylic acids is 1. The minimum absolute atomic E-state index is 0.0143. The fourth-order valence-corrected chi connectivity index (χ4v) is 5.52. The van der Waals surface area contributed by atoms with Gasteiger partial charge in [0, 0.05) is 23.8 Å². The number of ether oxygens (including phenoxy) is 1. The van der Waals surface area contributed by atoms with Gasteiger partial charge < -0.3 is 19.3 Å². The lowest BCUT2D eigenvalue weighted by Crippen LogP contribution is -2.37. The van der Waals surface area contributed by atoms with Gasteiger partial charge in [0.25, 0.3) is 0 Å². The largest absolute Gasteiger partial charge is 0.496 e. The molecule has 37 heavy (non-hydrogen) atoms. The van der Waals surface area contributed by atoms with Gasteiger partial charge in [-0.3, -0.25) is 4.79 Å². The zero-order valence-electron chi connectivity index (χ0n) is 19.7. The summed E-state index contributed by atoms with van der Waals surface area (Å²) < 4.78 is 46.5. The molecule has 1 aromatic carbocycles. The van der Waals surface area contributed by atoms with Gasteiger partial charge in [-0.25, -0.2) is 9.78 Å². The third kappa shape index (κ3) is 4.78. The first-order chi connectivity index (χ1) is 17.7. The van der Waals surface area contributed by atoms with Gasteiger partial charge in [-0.15, -0.1) is 11.3 Å². The lowest BCUT2D eigenvalue weighted by atomic mass is 10.0. The standard InChI is InChI=1S/C26H22F3N3O4S/c1-36-21-9-15(4-5-19(21)25(34)35)11-23(33)31-8-6-17-18-3-2-7-30-24(18)32(20(17)13-31)12-16-10-22(37-14-16)26(27,28)29/h2-5,7,9-10,14H,6,8,11-13H2,1H3,(H,34,35). The van der Waals surface area contributed by atoms with Gasteiger partial charge in [0.2, 0.25) is 5.91 Å². The van der Waals surface area contributed by atoms with E-state index in [0.29, 0.717) is 47.6 Å². The number of pyridine rings is 1. The van der Waals surface area contributed by atoms with E-state index in [2.05, 4.69) is 4.98 Å². The molecule has 0 unspecified atom stereocenters. The van der Waals surface area contributed by atoms with Crippen molar-refractivity contribution >= 4 is 34.2 Å². The van der Waals surface area contributed by atoms with Crippen LogP contribution in [0.1, 0.15) is 37.6 Å². The highest BCUT2D eigenvalue weighted by atomic mass is 32.1. The average Bonchev–Trinajstić information content (AvgIpc) is 3.47. The summed E-state index contributed by atoms with van der Waals surface area (Å²) in [4.78, 5) is 30.1. The summed E-state index contributed by atoms with van der Waals surface area (Å²) in [5.74, 6) is -1.08. The number of fused-ring (bicyclic) bond motifs is 3. The Labute approximate surface area is 213 Å². The highest BCUT2D eigenvalue weighted by Gasteiger charge is 2.33. The number of halogens is 3. The van der Waals surface area contributed by atoms with Crippen molar-refractivity contribution in [1.82, 2.24) is 14.5 Å². The maximum atomic E-state index is 13.2. The number of benzene rings is 1. The predicted molar refractivity (Wildman–Crippen MR) is 131 cm³/mol. The minimum atomic E-state index is -4.39. The van der Waals surface area contributed by atoms with Crippen LogP contribution in [0.3, 0.4) is 0 Å². The van der Waals surface area contributed by atoms with Gasteiger partial charge >= 0.3 is 12.1 Å². The van der Waals surface area contributed by atoms with Crippen molar-refractivity contribution in [3.63, 3.8) is 0 Å². The number of hydrogen-bond donors (Lipinski definition) is 1. The van der Waals surface area contributed by atoms with Gasteiger partial charge in [-0.1, -0.05) is 6.07 Å². The SMILES string of the molecule is COc1cc(CC(=O)N2CCc3c(n(Cc4csc(C(F)(F)F)c4)c4ncccc34)C2)ccc1C(=O)O. The first-order valence-electron chi connectivity index (χ1n) is 11.4. The van der Waals surface area contributed by atoms with Gasteiger partial charge in [-0.2, -0.15) is 13.2 Å². The lowest BCUT2D eigenvalue weighted by Gasteiger charge is -2.29. The molecule has 0 fully saturated rings. The Kier molecular flexibility index (Phi) is 6.40. The molecule has 0 saturated carbocycles. The Hall–Kier alpha value is -3.86. The summed E-state index contributed by atoms with van der Waals surface area (Å²) in [6, 6.07) is 9.48. The van der Waals surface area contributed by atoms with E-state index in [1.165, 1.54) is 18.6 Å². The smallest absolute Gasteiger partial charge is 0.425 e. The summed E-state index contributed by atoms with van der Waals surface area (Å²) in [6.45, 7) is 0.997. The molecule has 4 heterocycles. The molecule has 0 atom stereocenters. The normalized spacial score (nSPS) is 13.6. The van der Waals surface area contributed by atoms with E-state index in [9.17, 15) is 27.9 Å². The van der Waals surface area contributed by atoms with Crippen LogP contribution in [0.15, 0.2) is 48.0 Å². The van der Waals surface area contributed by atoms with Crippen molar-refractivity contribution in [1.29, 1.82) is 0 Å². The molecule has 0 aliphatic carbocycles. The van der Waals surface area contributed by atoms with E-state index < -0.39 is 17.0 Å². The molecule has 0 radical (unpaired) electrons. The Balaban J connectivity index is 1.42. The monoisotopic (exact) mass is 529 g/mol. The number of methoxy groups -OCH3 is 1. The third-order valence-corrected chi connectivity index (χ3v) is 7.52. The molecule has 11 heteroatoms. The number of aromatic carboxylic acids is 1. The lowest BCUT2D eigenvalue weighted by molar-refractivity contribution is -0.134. The number of amides is 1. The van der Waals surface area contributed by atoms with Crippen molar-refractivity contribution in [3.8, 4) is 5.75 Å². The molecule has 0 spiro atoms. The van der Waals surface area contributed by atoms with E-state index in [1.807, 2.05) is 16.7 Å². The van der Waals surface area contributed by atoms with Crippen LogP contribution in [0.2, 0.25) is 0 Å². The average molecular weight is 530 g/mol. The quantitative estimate of drug-likeness (QED) is 0.380. The van der Waals surface area contributed by atoms with Crippen molar-refractivity contribution in [2.75, 3.05) is 13.7 Å². The number of aromatic nitrogens is 2. The molecule has 192 valence electrons. The maximum Gasteiger partial charge on any atom is 0.425 e. The van der Waals surface area contributed by atoms with E-state index in [0.717, 1.165) is 22.7 Å². The van der Waals surface area contributed by atoms with Crippen LogP contribution in [-0.2, 0) is 36.9 Å². The molecule has 4 aromatic rings. The highest BCUT2D eigenvalue weighted by Crippen LogP contribution is 2.36. The van der Waals surface area contributed by atoms with Crippen LogP contribution in [0, 0.1) is 0 Å². The first kappa shape index (κ1) is 24.8. The van der Waals surface area contributed by atoms with Crippen LogP contribution < -0.4 is 4.74 Å². The Bertz CT molecular complexity index is 1510. The van der Waals surface area contributed by atoms with E-state index in [-0.39, 0.29) is 30.2 Å². The molecule has 1 aliphatic rings. The molecule has 5 rings (SSSR count). The molecule has 3 aromatic heterocycles. The molecule has 1 aliphatic heterocycles. The minimum Gasteiger partial charge on any atom is -0.496 e. The molecular weight excluding hydrogens is 507 g/mol. The second kappa shape index (κ2) is 9.55. The number of thiophene rings is 1. The zero-order valence-corrected chi connectivity index (χ0v) is 20.5. The molecular formula is C26H22F3N3O4S. The van der Waals surface area contributed by atoms with Crippen LogP contribution in [0.25, 0.3) is 11.0 Å². The first-order valence-corrected chi connectivity index (χ1v) is 12.3. The summed E-state index contributed by atoms with van der Waals surface area (Å²) in [7, 11) is 1.37. The van der Waals surface area contributed by atoms with E-state index >= 15 is 0 Å². The van der Waals surface area contributed by atoms with Crippen LogP contribution in [-0.4, -0.2) is 45.1 Å². The van der Waals surface area contributed by atoms with Crippen molar-refractivity contribution in [2.24, 2.45) is 0 Å². The molecule has 1 amide bonds. The number of rotatable bonds is 6. The number of hydrogen-bond acceptors (Lipinski definition) is 5. The molecule has 1 N–H and O–H groups in total. The Morgan fingerprint density at radius 1 is 1.19 bits per heavy atom. The fraction of sp³-hybridized carbons (Fsp3) is 0.269. The van der Waals surface area contributed by atoms with Gasteiger partial charge in [-0.05, 0) is 58.8 Å². The van der Waals surface area contributed by atoms with E-state index in [1.54, 1.807) is 23.2 Å². The zero-order chi connectivity index (χ0) is 26.3. The predicted octanol–water partition coefficient (Wildman–Crippen LogP) is 5.00. The molecule has 0 saturated heterocycles. The fourth-order valence-electron chi connectivity index (χ4n) is 4.74. The van der Waals surface area contributed by atoms with Gasteiger partial charge in [0.15, 0.2) is 0 Å². The molecule has 0 bridgehead atoms. The van der Waals surface area contributed by atoms with Gasteiger partial charge in [0.05, 0.1) is 26.6 Å². The van der Waals surface area contributed by atoms with Crippen molar-refractivity contribution in [2.45, 2.75) is 32.1 Å². The Morgan fingerprint density at radius 3 is 2.70 bits per heavy atom. The number of carboxylic acid groups (broad SMARTS) is 1. The summed E-state index contributed by atoms with van der Waals surface area (Å²) in [6.07, 6.45) is -2.09. The number of carbonyl (C=O) groups is 2. The topological polar surface area (TPSA) is 84.7 Å². The van der Waals surface area contributed by atoms with Crippen molar-refractivity contribution < 1.29 is 32.6 Å². The van der Waals surface area contributed by atoms with Crippen molar-refractivity contribution in [3.05, 3.63) is 80.8 Å². The second-order valence-corrected chi connectivity index (χ2v) is 9.70. The Morgan fingerprint density at radius 2 is 2.00 bits per heavy atom. The highest BCUT2D eigenvalue weighted by molar-refractivity contribution is 7.10. The molecule has 7 nitrogen and oxygen atoms in total. The number of alkyl halides is 3. The number of nitrogens with zero attached hydrogens (tertiary/aromatic N) is 3. The van der Waals surface area contributed by atoms with Gasteiger partial charge in [0.1, 0.15) is 21.8 Å². The summed E-state index contributed by atoms with van der Waals surface area (Å²) in [5.41, 5.74) is 3.74. The van der Waals surface area contributed by atoms with Crippen LogP contribution >= 0.6 is 11.3 Å². The second-order valence-electron chi connectivity index (χ2n) is 8.78. The van der Waals surface area contributed by atoms with Crippen LogP contribution in [0.5, 0.6) is 5.75 Å². The van der Waals surface area contributed by atoms with E-state index in [4.69, 9.17) is 4.74 Å².